The first-order valence-electron chi connectivity index (χ1n) is 4.24. The van der Waals surface area contributed by atoms with E-state index in [1.54, 1.807) is 18.4 Å². The summed E-state index contributed by atoms with van der Waals surface area (Å²) in [6.45, 7) is 2.15. The summed E-state index contributed by atoms with van der Waals surface area (Å²) in [6.07, 6.45) is 0.850. The van der Waals surface area contributed by atoms with Crippen LogP contribution in [0.3, 0.4) is 0 Å². The Balaban J connectivity index is 2.31. The van der Waals surface area contributed by atoms with Crippen LogP contribution < -0.4 is 11.1 Å². The molecule has 13 heavy (non-hydrogen) atoms. The van der Waals surface area contributed by atoms with Crippen LogP contribution in [0.25, 0.3) is 0 Å². The number of nitrogens with zero attached hydrogens (tertiary/aromatic N) is 1. The van der Waals surface area contributed by atoms with Gasteiger partial charge in [-0.05, 0) is 6.54 Å². The van der Waals surface area contributed by atoms with E-state index in [0.29, 0.717) is 13.2 Å². The fourth-order valence-electron chi connectivity index (χ4n) is 0.911. The maximum atomic E-state index is 5.42. The van der Waals surface area contributed by atoms with Gasteiger partial charge in [0, 0.05) is 25.5 Å². The maximum absolute atomic E-state index is 5.42. The molecule has 0 bridgehead atoms. The molecule has 1 heterocycles. The Morgan fingerprint density at radius 1 is 1.69 bits per heavy atom. The molecule has 0 fully saturated rings. The van der Waals surface area contributed by atoms with Crippen LogP contribution in [0.1, 0.15) is 5.69 Å². The van der Waals surface area contributed by atoms with Gasteiger partial charge >= 0.3 is 0 Å². The average Bonchev–Trinajstić information content (AvgIpc) is 2.54. The van der Waals surface area contributed by atoms with Crippen LogP contribution in [0.5, 0.6) is 0 Å². The number of anilines is 1. The van der Waals surface area contributed by atoms with Crippen molar-refractivity contribution in [2.75, 3.05) is 32.1 Å². The van der Waals surface area contributed by atoms with Crippen LogP contribution in [0, 0.1) is 0 Å². The van der Waals surface area contributed by atoms with Crippen molar-refractivity contribution < 1.29 is 4.74 Å². The largest absolute Gasteiger partial charge is 0.383 e. The van der Waals surface area contributed by atoms with Gasteiger partial charge in [0.15, 0.2) is 5.13 Å². The Labute approximate surface area is 82.1 Å². The molecule has 4 nitrogen and oxygen atoms in total. The number of hydrogen-bond donors (Lipinski definition) is 2. The molecule has 0 unspecified atom stereocenters. The van der Waals surface area contributed by atoms with E-state index in [0.717, 1.165) is 23.8 Å². The standard InChI is InChI=1S/C8H15N3OS/c1-12-5-4-10-8-11-7(2-3-9)6-13-8/h6H,2-5,9H2,1H3,(H,10,11). The monoisotopic (exact) mass is 201 g/mol. The first-order chi connectivity index (χ1) is 6.36. The zero-order valence-corrected chi connectivity index (χ0v) is 8.56. The van der Waals surface area contributed by atoms with Crippen molar-refractivity contribution in [2.45, 2.75) is 6.42 Å². The predicted octanol–water partition coefficient (Wildman–Crippen LogP) is 0.703. The summed E-state index contributed by atoms with van der Waals surface area (Å²) in [5.74, 6) is 0. The molecule has 1 aromatic rings. The summed E-state index contributed by atoms with van der Waals surface area (Å²) in [6, 6.07) is 0. The molecule has 0 aliphatic rings. The Bertz CT molecular complexity index is 239. The molecule has 3 N–H and O–H groups in total. The second kappa shape index (κ2) is 5.90. The Morgan fingerprint density at radius 3 is 3.23 bits per heavy atom. The summed E-state index contributed by atoms with van der Waals surface area (Å²) in [5, 5.41) is 6.14. The van der Waals surface area contributed by atoms with E-state index in [9.17, 15) is 0 Å². The lowest BCUT2D eigenvalue weighted by Gasteiger charge is -1.99. The zero-order chi connectivity index (χ0) is 9.52. The van der Waals surface area contributed by atoms with Crippen LogP contribution in [0.15, 0.2) is 5.38 Å². The van der Waals surface area contributed by atoms with Crippen molar-refractivity contribution in [1.82, 2.24) is 4.98 Å². The Hall–Kier alpha value is -0.650. The van der Waals surface area contributed by atoms with Gasteiger partial charge in [-0.2, -0.15) is 0 Å². The lowest BCUT2D eigenvalue weighted by molar-refractivity contribution is 0.211. The first-order valence-corrected chi connectivity index (χ1v) is 5.12. The number of methoxy groups -OCH3 is 1. The third-order valence-electron chi connectivity index (χ3n) is 1.53. The van der Waals surface area contributed by atoms with Gasteiger partial charge in [0.1, 0.15) is 0 Å². The van der Waals surface area contributed by atoms with Gasteiger partial charge in [0.25, 0.3) is 0 Å². The molecular formula is C8H15N3OS. The van der Waals surface area contributed by atoms with E-state index in [1.165, 1.54) is 0 Å². The van der Waals surface area contributed by atoms with Gasteiger partial charge in [-0.25, -0.2) is 4.98 Å². The lowest BCUT2D eigenvalue weighted by atomic mass is 10.3. The van der Waals surface area contributed by atoms with Crippen molar-refractivity contribution >= 4 is 16.5 Å². The normalized spacial score (nSPS) is 10.3. The van der Waals surface area contributed by atoms with E-state index in [1.807, 2.05) is 5.38 Å². The van der Waals surface area contributed by atoms with Crippen LogP contribution >= 0.6 is 11.3 Å². The smallest absolute Gasteiger partial charge is 0.182 e. The fourth-order valence-corrected chi connectivity index (χ4v) is 1.68. The molecule has 1 aromatic heterocycles. The van der Waals surface area contributed by atoms with Crippen LogP contribution in [-0.2, 0) is 11.2 Å². The van der Waals surface area contributed by atoms with Gasteiger partial charge in [-0.15, -0.1) is 11.3 Å². The summed E-state index contributed by atoms with van der Waals surface area (Å²) >= 11 is 1.61. The third-order valence-corrected chi connectivity index (χ3v) is 2.38. The van der Waals surface area contributed by atoms with E-state index < -0.39 is 0 Å². The molecule has 0 aliphatic carbocycles. The number of hydrogen-bond acceptors (Lipinski definition) is 5. The molecule has 1 rings (SSSR count). The molecular weight excluding hydrogens is 186 g/mol. The van der Waals surface area contributed by atoms with E-state index >= 15 is 0 Å². The van der Waals surface area contributed by atoms with E-state index in [4.69, 9.17) is 10.5 Å². The quantitative estimate of drug-likeness (QED) is 0.665. The topological polar surface area (TPSA) is 60.2 Å². The van der Waals surface area contributed by atoms with Gasteiger partial charge in [-0.1, -0.05) is 0 Å². The molecule has 5 heteroatoms. The highest BCUT2D eigenvalue weighted by atomic mass is 32.1. The first kappa shape index (κ1) is 10.4. The summed E-state index contributed by atoms with van der Waals surface area (Å²) in [4.78, 5) is 4.34. The Morgan fingerprint density at radius 2 is 2.54 bits per heavy atom. The summed E-state index contributed by atoms with van der Waals surface area (Å²) < 4.78 is 4.91. The van der Waals surface area contributed by atoms with Crippen molar-refractivity contribution in [3.63, 3.8) is 0 Å². The highest BCUT2D eigenvalue weighted by Crippen LogP contribution is 2.14. The van der Waals surface area contributed by atoms with Crippen LogP contribution in [-0.4, -0.2) is 31.8 Å². The van der Waals surface area contributed by atoms with Crippen LogP contribution in [0.2, 0.25) is 0 Å². The van der Waals surface area contributed by atoms with Crippen molar-refractivity contribution in [2.24, 2.45) is 5.73 Å². The van der Waals surface area contributed by atoms with Gasteiger partial charge in [0.05, 0.1) is 12.3 Å². The van der Waals surface area contributed by atoms with Gasteiger partial charge in [0.2, 0.25) is 0 Å². The number of nitrogens with one attached hydrogen (secondary N) is 1. The molecule has 0 radical (unpaired) electrons. The Kier molecular flexibility index (Phi) is 4.74. The minimum absolute atomic E-state index is 0.654. The number of nitrogens with two attached hydrogens (primary N) is 1. The minimum Gasteiger partial charge on any atom is -0.383 e. The van der Waals surface area contributed by atoms with Crippen molar-refractivity contribution in [3.05, 3.63) is 11.1 Å². The minimum atomic E-state index is 0.654. The van der Waals surface area contributed by atoms with E-state index in [-0.39, 0.29) is 0 Å². The third kappa shape index (κ3) is 3.71. The predicted molar refractivity (Wildman–Crippen MR) is 55.2 cm³/mol. The van der Waals surface area contributed by atoms with Gasteiger partial charge in [-0.3, -0.25) is 0 Å². The maximum Gasteiger partial charge on any atom is 0.182 e. The molecule has 0 aromatic carbocycles. The number of ether oxygens (including phenoxy) is 1. The summed E-state index contributed by atoms with van der Waals surface area (Å²) in [5.41, 5.74) is 6.48. The molecule has 74 valence electrons. The second-order valence-corrected chi connectivity index (χ2v) is 3.46. The molecule has 0 amide bonds. The molecule has 0 saturated carbocycles. The number of aromatic nitrogens is 1. The molecule has 0 atom stereocenters. The lowest BCUT2D eigenvalue weighted by Crippen LogP contribution is -2.07. The second-order valence-electron chi connectivity index (χ2n) is 2.60. The molecule has 0 aliphatic heterocycles. The number of rotatable bonds is 6. The van der Waals surface area contributed by atoms with Crippen LogP contribution in [0.4, 0.5) is 5.13 Å². The molecule has 0 saturated heterocycles. The average molecular weight is 201 g/mol. The highest BCUT2D eigenvalue weighted by molar-refractivity contribution is 7.13. The number of thiazole rings is 1. The van der Waals surface area contributed by atoms with Crippen molar-refractivity contribution in [3.8, 4) is 0 Å². The SMILES string of the molecule is COCCNc1nc(CCN)cs1. The highest BCUT2D eigenvalue weighted by Gasteiger charge is 1.99. The molecule has 0 spiro atoms. The van der Waals surface area contributed by atoms with Gasteiger partial charge < -0.3 is 15.8 Å². The van der Waals surface area contributed by atoms with E-state index in [2.05, 4.69) is 10.3 Å². The summed E-state index contributed by atoms with van der Waals surface area (Å²) in [7, 11) is 1.68. The zero-order valence-electron chi connectivity index (χ0n) is 7.75. The fraction of sp³-hybridized carbons (Fsp3) is 0.625. The van der Waals surface area contributed by atoms with Crippen molar-refractivity contribution in [1.29, 1.82) is 0 Å².